The second-order valence-corrected chi connectivity index (χ2v) is 7.98. The van der Waals surface area contributed by atoms with Crippen molar-refractivity contribution >= 4 is 0 Å². The lowest BCUT2D eigenvalue weighted by molar-refractivity contribution is 0.0337. The van der Waals surface area contributed by atoms with Crippen molar-refractivity contribution in [1.82, 2.24) is 0 Å². The summed E-state index contributed by atoms with van der Waals surface area (Å²) in [4.78, 5) is 0. The number of hydrogen-bond donors (Lipinski definition) is 2. The summed E-state index contributed by atoms with van der Waals surface area (Å²) < 4.78 is 0. The summed E-state index contributed by atoms with van der Waals surface area (Å²) in [5.74, 6) is 0.228. The van der Waals surface area contributed by atoms with Gasteiger partial charge in [-0.3, -0.25) is 0 Å². The number of hydrogen-bond acceptors (Lipinski definition) is 2. The van der Waals surface area contributed by atoms with Crippen molar-refractivity contribution in [3.05, 3.63) is 35.5 Å². The van der Waals surface area contributed by atoms with Crippen LogP contribution in [0.25, 0.3) is 0 Å². The van der Waals surface area contributed by atoms with E-state index in [1.54, 1.807) is 0 Å². The molecular weight excluding hydrogens is 272 g/mol. The van der Waals surface area contributed by atoms with E-state index in [0.717, 1.165) is 50.5 Å². The van der Waals surface area contributed by atoms with Crippen LogP contribution >= 0.6 is 0 Å². The largest absolute Gasteiger partial charge is 0.392 e. The van der Waals surface area contributed by atoms with Gasteiger partial charge in [0.2, 0.25) is 0 Å². The quantitative estimate of drug-likeness (QED) is 0.735. The molecule has 22 heavy (non-hydrogen) atoms. The van der Waals surface area contributed by atoms with Gasteiger partial charge in [-0.25, -0.2) is 0 Å². The van der Waals surface area contributed by atoms with Gasteiger partial charge in [-0.1, -0.05) is 36.8 Å². The number of rotatable bonds is 2. The molecule has 0 unspecified atom stereocenters. The van der Waals surface area contributed by atoms with Gasteiger partial charge in [-0.2, -0.15) is 0 Å². The van der Waals surface area contributed by atoms with Gasteiger partial charge in [-0.05, 0) is 69.8 Å². The van der Waals surface area contributed by atoms with E-state index >= 15 is 0 Å². The molecule has 0 radical (unpaired) electrons. The van der Waals surface area contributed by atoms with Crippen molar-refractivity contribution < 1.29 is 10.2 Å². The maximum atomic E-state index is 10.6. The lowest BCUT2D eigenvalue weighted by Crippen LogP contribution is -2.32. The molecule has 0 heterocycles. The van der Waals surface area contributed by atoms with E-state index in [-0.39, 0.29) is 17.9 Å². The topological polar surface area (TPSA) is 40.5 Å². The minimum absolute atomic E-state index is 0.125. The smallest absolute Gasteiger partial charge is 0.0656 e. The fourth-order valence-electron chi connectivity index (χ4n) is 4.09. The molecule has 0 bridgehead atoms. The van der Waals surface area contributed by atoms with Gasteiger partial charge in [0.25, 0.3) is 0 Å². The molecule has 0 aromatic heterocycles. The highest BCUT2D eigenvalue weighted by Crippen LogP contribution is 2.53. The predicted octanol–water partition coefficient (Wildman–Crippen LogP) is 4.54. The zero-order valence-electron chi connectivity index (χ0n) is 14.5. The molecule has 1 fully saturated rings. The average molecular weight is 304 g/mol. The van der Waals surface area contributed by atoms with Crippen LogP contribution in [0.2, 0.25) is 0 Å². The fraction of sp³-hybridized carbons (Fsp3) is 0.700. The number of allylic oxidation sites excluding steroid dienone is 3. The molecule has 2 aliphatic rings. The molecule has 0 amide bonds. The van der Waals surface area contributed by atoms with Crippen molar-refractivity contribution in [2.45, 2.75) is 71.3 Å². The third-order valence-corrected chi connectivity index (χ3v) is 5.66. The van der Waals surface area contributed by atoms with E-state index in [1.165, 1.54) is 11.1 Å². The summed E-state index contributed by atoms with van der Waals surface area (Å²) in [5.41, 5.74) is 3.28. The minimum atomic E-state index is -0.677. The van der Waals surface area contributed by atoms with E-state index in [9.17, 15) is 10.2 Å². The Balaban J connectivity index is 2.35. The molecule has 2 nitrogen and oxygen atoms in total. The first-order valence-corrected chi connectivity index (χ1v) is 8.64. The molecule has 124 valence electrons. The summed E-state index contributed by atoms with van der Waals surface area (Å²) in [6.45, 7) is 10.5. The van der Waals surface area contributed by atoms with Crippen molar-refractivity contribution in [2.24, 2.45) is 11.3 Å². The number of aliphatic hydroxyl groups excluding tert-OH is 1. The summed E-state index contributed by atoms with van der Waals surface area (Å²) in [6, 6.07) is 0. The van der Waals surface area contributed by atoms with Crippen molar-refractivity contribution in [3.63, 3.8) is 0 Å². The van der Waals surface area contributed by atoms with E-state index in [1.807, 2.05) is 13.8 Å². The van der Waals surface area contributed by atoms with Crippen LogP contribution in [0.3, 0.4) is 0 Å². The summed E-state index contributed by atoms with van der Waals surface area (Å²) in [5, 5.41) is 20.1. The molecule has 0 aliphatic heterocycles. The first kappa shape index (κ1) is 17.5. The highest BCUT2D eigenvalue weighted by Gasteiger charge is 2.45. The fourth-order valence-corrected chi connectivity index (χ4v) is 4.09. The van der Waals surface area contributed by atoms with Gasteiger partial charge in [-0.15, -0.1) is 0 Å². The third kappa shape index (κ3) is 3.91. The van der Waals surface area contributed by atoms with Crippen LogP contribution in [0, 0.1) is 11.3 Å². The Morgan fingerprint density at radius 1 is 1.27 bits per heavy atom. The number of fused-ring (bicyclic) bond motifs is 1. The van der Waals surface area contributed by atoms with Gasteiger partial charge in [0.05, 0.1) is 12.2 Å². The van der Waals surface area contributed by atoms with E-state index < -0.39 is 5.60 Å². The van der Waals surface area contributed by atoms with Crippen LogP contribution in [0.15, 0.2) is 35.5 Å². The summed E-state index contributed by atoms with van der Waals surface area (Å²) in [6.07, 6.45) is 11.6. The molecule has 2 rings (SSSR count). The Bertz CT molecular complexity index is 478. The van der Waals surface area contributed by atoms with Crippen LogP contribution in [0.4, 0.5) is 0 Å². The maximum absolute atomic E-state index is 10.6. The van der Waals surface area contributed by atoms with Gasteiger partial charge in [0, 0.05) is 5.92 Å². The Morgan fingerprint density at radius 3 is 2.64 bits per heavy atom. The van der Waals surface area contributed by atoms with Crippen molar-refractivity contribution in [2.75, 3.05) is 6.61 Å². The van der Waals surface area contributed by atoms with Crippen LogP contribution < -0.4 is 0 Å². The zero-order chi connectivity index (χ0) is 16.4. The molecule has 2 heteroatoms. The van der Waals surface area contributed by atoms with Crippen LogP contribution in [-0.4, -0.2) is 22.4 Å². The monoisotopic (exact) mass is 304 g/mol. The van der Waals surface area contributed by atoms with Gasteiger partial charge in [0.1, 0.15) is 0 Å². The molecule has 2 N–H and O–H groups in total. The van der Waals surface area contributed by atoms with E-state index in [2.05, 4.69) is 25.7 Å². The highest BCUT2D eigenvalue weighted by molar-refractivity contribution is 5.27. The standard InChI is InChI=1S/C20H32O2/c1-15-6-5-7-16(14-21)8-9-18-17(19(2,3)22)11-13-20(18,4)12-10-15/h7,9,17,21-22H,1,5-6,8,10-14H2,2-4H3/b16-7+,18-9-/t17-,20+/m0/s1. The second kappa shape index (κ2) is 6.72. The zero-order valence-corrected chi connectivity index (χ0v) is 14.5. The van der Waals surface area contributed by atoms with Crippen LogP contribution in [0.5, 0.6) is 0 Å². The molecule has 0 aromatic rings. The van der Waals surface area contributed by atoms with Crippen LogP contribution in [-0.2, 0) is 0 Å². The Hall–Kier alpha value is -0.860. The Morgan fingerprint density at radius 2 is 2.00 bits per heavy atom. The molecular formula is C20H32O2. The summed E-state index contributed by atoms with van der Waals surface area (Å²) in [7, 11) is 0. The lowest BCUT2D eigenvalue weighted by atomic mass is 9.74. The minimum Gasteiger partial charge on any atom is -0.392 e. The van der Waals surface area contributed by atoms with Crippen LogP contribution in [0.1, 0.15) is 65.7 Å². The molecule has 0 aromatic carbocycles. The van der Waals surface area contributed by atoms with E-state index in [4.69, 9.17) is 0 Å². The first-order valence-electron chi connectivity index (χ1n) is 8.64. The molecule has 0 saturated heterocycles. The predicted molar refractivity (Wildman–Crippen MR) is 92.6 cm³/mol. The van der Waals surface area contributed by atoms with Gasteiger partial charge < -0.3 is 10.2 Å². The SMILES string of the molecule is C=C1CC/C=C(/CO)C/C=C2/[C@@H](C(C)(C)O)CC[C@@]2(C)CC1. The summed E-state index contributed by atoms with van der Waals surface area (Å²) >= 11 is 0. The average Bonchev–Trinajstić information content (AvgIpc) is 2.76. The maximum Gasteiger partial charge on any atom is 0.0656 e. The Kier molecular flexibility index (Phi) is 5.34. The highest BCUT2D eigenvalue weighted by atomic mass is 16.3. The van der Waals surface area contributed by atoms with Crippen molar-refractivity contribution in [1.29, 1.82) is 0 Å². The molecule has 2 atom stereocenters. The molecule has 2 aliphatic carbocycles. The molecule has 1 saturated carbocycles. The van der Waals surface area contributed by atoms with Gasteiger partial charge in [0.15, 0.2) is 0 Å². The molecule has 0 spiro atoms. The normalized spacial score (nSPS) is 35.9. The third-order valence-electron chi connectivity index (χ3n) is 5.66. The second-order valence-electron chi connectivity index (χ2n) is 7.98. The lowest BCUT2D eigenvalue weighted by Gasteiger charge is -2.33. The van der Waals surface area contributed by atoms with E-state index in [0.29, 0.717) is 0 Å². The van der Waals surface area contributed by atoms with Crippen molar-refractivity contribution in [3.8, 4) is 0 Å². The Labute approximate surface area is 135 Å². The first-order chi connectivity index (χ1) is 10.3. The van der Waals surface area contributed by atoms with Gasteiger partial charge >= 0.3 is 0 Å². The number of aliphatic hydroxyl groups is 2.